The van der Waals surface area contributed by atoms with E-state index in [2.05, 4.69) is 44.1 Å². The molecule has 0 aliphatic heterocycles. The quantitative estimate of drug-likeness (QED) is 0.708. The number of nitrogens with zero attached hydrogens (tertiary/aromatic N) is 2. The third-order valence-corrected chi connectivity index (χ3v) is 3.88. The highest BCUT2D eigenvalue weighted by atomic mass is 15.2. The zero-order chi connectivity index (χ0) is 13.5. The fraction of sp³-hybridized carbons (Fsp3) is 0.929. The second-order valence-corrected chi connectivity index (χ2v) is 5.67. The number of hydrogen-bond donors (Lipinski definition) is 1. The molecule has 1 atom stereocenters. The first-order valence-electron chi connectivity index (χ1n) is 6.69. The van der Waals surface area contributed by atoms with E-state index in [0.717, 1.165) is 32.4 Å². The molecule has 0 heterocycles. The molecule has 0 saturated heterocycles. The Hall–Kier alpha value is -0.590. The van der Waals surface area contributed by atoms with E-state index in [-0.39, 0.29) is 11.1 Å². The van der Waals surface area contributed by atoms with Crippen molar-refractivity contribution in [1.29, 1.82) is 5.26 Å². The summed E-state index contributed by atoms with van der Waals surface area (Å²) in [5.74, 6) is 0. The zero-order valence-electron chi connectivity index (χ0n) is 12.4. The number of hydrogen-bond acceptors (Lipinski definition) is 3. The van der Waals surface area contributed by atoms with E-state index in [0.29, 0.717) is 0 Å². The van der Waals surface area contributed by atoms with Gasteiger partial charge in [0, 0.05) is 5.54 Å². The molecule has 1 unspecified atom stereocenters. The Balaban J connectivity index is 4.11. The fourth-order valence-electron chi connectivity index (χ4n) is 1.82. The SMILES string of the molecule is CCNC(C)(C#N)CCCN(C)C(C)(C)CC. The van der Waals surface area contributed by atoms with E-state index in [1.165, 1.54) is 0 Å². The van der Waals surface area contributed by atoms with Gasteiger partial charge < -0.3 is 4.90 Å². The average Bonchev–Trinajstić information content (AvgIpc) is 2.29. The van der Waals surface area contributed by atoms with Gasteiger partial charge in [0.1, 0.15) is 5.54 Å². The van der Waals surface area contributed by atoms with E-state index in [4.69, 9.17) is 5.26 Å². The summed E-state index contributed by atoms with van der Waals surface area (Å²) >= 11 is 0. The van der Waals surface area contributed by atoms with Crippen LogP contribution in [0.3, 0.4) is 0 Å². The van der Waals surface area contributed by atoms with Crippen LogP contribution in [0.5, 0.6) is 0 Å². The molecule has 0 bridgehead atoms. The standard InChI is InChI=1S/C14H29N3/c1-7-13(3,4)17(6)11-9-10-14(5,12-15)16-8-2/h16H,7-11H2,1-6H3. The lowest BCUT2D eigenvalue weighted by atomic mass is 9.95. The van der Waals surface area contributed by atoms with Crippen molar-refractivity contribution in [3.05, 3.63) is 0 Å². The molecule has 3 nitrogen and oxygen atoms in total. The van der Waals surface area contributed by atoms with Crippen LogP contribution in [0.2, 0.25) is 0 Å². The van der Waals surface area contributed by atoms with Gasteiger partial charge in [0.05, 0.1) is 6.07 Å². The van der Waals surface area contributed by atoms with Crippen LogP contribution in [0, 0.1) is 11.3 Å². The maximum absolute atomic E-state index is 9.16. The molecule has 0 aliphatic carbocycles. The van der Waals surface area contributed by atoms with E-state index in [9.17, 15) is 0 Å². The van der Waals surface area contributed by atoms with Gasteiger partial charge in [-0.3, -0.25) is 5.32 Å². The molecule has 0 aromatic rings. The Morgan fingerprint density at radius 1 is 1.24 bits per heavy atom. The molecule has 0 aromatic heterocycles. The summed E-state index contributed by atoms with van der Waals surface area (Å²) in [4.78, 5) is 2.39. The Morgan fingerprint density at radius 3 is 2.24 bits per heavy atom. The Labute approximate surface area is 107 Å². The number of nitriles is 1. The van der Waals surface area contributed by atoms with Crippen LogP contribution in [0.4, 0.5) is 0 Å². The zero-order valence-corrected chi connectivity index (χ0v) is 12.4. The minimum Gasteiger partial charge on any atom is -0.301 e. The highest BCUT2D eigenvalue weighted by molar-refractivity contribution is 5.03. The summed E-state index contributed by atoms with van der Waals surface area (Å²) in [6.45, 7) is 12.7. The minimum atomic E-state index is -0.369. The van der Waals surface area contributed by atoms with E-state index in [1.807, 2.05) is 13.8 Å². The van der Waals surface area contributed by atoms with Gasteiger partial charge >= 0.3 is 0 Å². The van der Waals surface area contributed by atoms with Crippen molar-refractivity contribution in [2.75, 3.05) is 20.1 Å². The van der Waals surface area contributed by atoms with E-state index in [1.54, 1.807) is 0 Å². The van der Waals surface area contributed by atoms with Crippen molar-refractivity contribution >= 4 is 0 Å². The molecule has 0 rings (SSSR count). The summed E-state index contributed by atoms with van der Waals surface area (Å²) in [6.07, 6.45) is 3.10. The van der Waals surface area contributed by atoms with Crippen LogP contribution in [-0.2, 0) is 0 Å². The molecule has 17 heavy (non-hydrogen) atoms. The molecular formula is C14H29N3. The average molecular weight is 239 g/mol. The van der Waals surface area contributed by atoms with Gasteiger partial charge in [-0.2, -0.15) is 5.26 Å². The van der Waals surface area contributed by atoms with Crippen LogP contribution in [0.25, 0.3) is 0 Å². The highest BCUT2D eigenvalue weighted by Crippen LogP contribution is 2.18. The summed E-state index contributed by atoms with van der Waals surface area (Å²) in [5.41, 5.74) is -0.118. The molecule has 0 amide bonds. The van der Waals surface area contributed by atoms with Gasteiger partial charge in [-0.15, -0.1) is 0 Å². The Kier molecular flexibility index (Phi) is 6.74. The number of rotatable bonds is 8. The lowest BCUT2D eigenvalue weighted by Crippen LogP contribution is -2.44. The normalized spacial score (nSPS) is 15.6. The van der Waals surface area contributed by atoms with Crippen LogP contribution in [-0.4, -0.2) is 36.1 Å². The topological polar surface area (TPSA) is 39.1 Å². The first kappa shape index (κ1) is 16.4. The maximum atomic E-state index is 9.16. The van der Waals surface area contributed by atoms with Crippen molar-refractivity contribution in [3.8, 4) is 6.07 Å². The van der Waals surface area contributed by atoms with Crippen LogP contribution in [0.15, 0.2) is 0 Å². The molecule has 0 aliphatic rings. The van der Waals surface area contributed by atoms with Crippen molar-refractivity contribution in [2.24, 2.45) is 0 Å². The van der Waals surface area contributed by atoms with Gasteiger partial charge in [-0.25, -0.2) is 0 Å². The lowest BCUT2D eigenvalue weighted by molar-refractivity contribution is 0.145. The van der Waals surface area contributed by atoms with Crippen LogP contribution >= 0.6 is 0 Å². The molecule has 1 N–H and O–H groups in total. The molecule has 0 saturated carbocycles. The second-order valence-electron chi connectivity index (χ2n) is 5.67. The largest absolute Gasteiger partial charge is 0.301 e. The molecule has 0 fully saturated rings. The fourth-order valence-corrected chi connectivity index (χ4v) is 1.82. The van der Waals surface area contributed by atoms with Crippen molar-refractivity contribution < 1.29 is 0 Å². The van der Waals surface area contributed by atoms with E-state index >= 15 is 0 Å². The Morgan fingerprint density at radius 2 is 1.82 bits per heavy atom. The predicted molar refractivity (Wildman–Crippen MR) is 73.9 cm³/mol. The molecule has 0 aromatic carbocycles. The third-order valence-electron chi connectivity index (χ3n) is 3.88. The Bertz CT molecular complexity index is 255. The second kappa shape index (κ2) is 6.98. The lowest BCUT2D eigenvalue weighted by Gasteiger charge is -2.35. The van der Waals surface area contributed by atoms with Gasteiger partial charge in [0.25, 0.3) is 0 Å². The predicted octanol–water partition coefficient (Wildman–Crippen LogP) is 2.78. The van der Waals surface area contributed by atoms with E-state index < -0.39 is 0 Å². The summed E-state index contributed by atoms with van der Waals surface area (Å²) in [5, 5.41) is 12.4. The summed E-state index contributed by atoms with van der Waals surface area (Å²) in [6, 6.07) is 2.38. The van der Waals surface area contributed by atoms with Gasteiger partial charge in [-0.1, -0.05) is 13.8 Å². The molecule has 0 spiro atoms. The van der Waals surface area contributed by atoms with Crippen molar-refractivity contribution in [2.45, 2.75) is 65.0 Å². The van der Waals surface area contributed by atoms with Crippen molar-refractivity contribution in [3.63, 3.8) is 0 Å². The number of nitrogens with one attached hydrogen (secondary N) is 1. The first-order chi connectivity index (χ1) is 7.81. The third kappa shape index (κ3) is 5.52. The smallest absolute Gasteiger partial charge is 0.103 e. The maximum Gasteiger partial charge on any atom is 0.103 e. The van der Waals surface area contributed by atoms with Gasteiger partial charge in [0.2, 0.25) is 0 Å². The molecule has 0 radical (unpaired) electrons. The van der Waals surface area contributed by atoms with Gasteiger partial charge in [0.15, 0.2) is 0 Å². The highest BCUT2D eigenvalue weighted by Gasteiger charge is 2.24. The molecule has 3 heteroatoms. The summed E-state index contributed by atoms with van der Waals surface area (Å²) < 4.78 is 0. The molecule has 100 valence electrons. The molecular weight excluding hydrogens is 210 g/mol. The first-order valence-corrected chi connectivity index (χ1v) is 6.69. The monoisotopic (exact) mass is 239 g/mol. The summed E-state index contributed by atoms with van der Waals surface area (Å²) in [7, 11) is 2.17. The van der Waals surface area contributed by atoms with Crippen LogP contribution < -0.4 is 5.32 Å². The van der Waals surface area contributed by atoms with Crippen LogP contribution in [0.1, 0.15) is 53.9 Å². The van der Waals surface area contributed by atoms with Crippen molar-refractivity contribution in [1.82, 2.24) is 10.2 Å². The van der Waals surface area contributed by atoms with Gasteiger partial charge in [-0.05, 0) is 60.2 Å². The minimum absolute atomic E-state index is 0.251.